The van der Waals surface area contributed by atoms with E-state index in [1.54, 1.807) is 24.3 Å². The van der Waals surface area contributed by atoms with Gasteiger partial charge >= 0.3 is 0 Å². The third-order valence-electron chi connectivity index (χ3n) is 3.24. The minimum atomic E-state index is -0.870. The molecule has 0 spiro atoms. The fraction of sp³-hybridized carbons (Fsp3) is 0. The number of aromatic nitrogens is 1. The quantitative estimate of drug-likeness (QED) is 0.338. The van der Waals surface area contributed by atoms with Crippen LogP contribution in [0, 0.1) is 0 Å². The normalized spacial score (nSPS) is 10.5. The van der Waals surface area contributed by atoms with Crippen molar-refractivity contribution in [1.82, 2.24) is 4.98 Å². The van der Waals surface area contributed by atoms with Crippen LogP contribution in [0.5, 0.6) is 11.6 Å². The topological polar surface area (TPSA) is 102 Å². The summed E-state index contributed by atoms with van der Waals surface area (Å²) in [4.78, 5) is 27.0. The van der Waals surface area contributed by atoms with Gasteiger partial charge < -0.3 is 20.5 Å². The molecule has 0 unspecified atom stereocenters. The van der Waals surface area contributed by atoms with Gasteiger partial charge in [0.2, 0.25) is 5.88 Å². The lowest BCUT2D eigenvalue weighted by Crippen LogP contribution is -2.22. The second-order valence-electron chi connectivity index (χ2n) is 4.72. The lowest BCUT2D eigenvalue weighted by Gasteiger charge is -2.04. The number of anilines is 1. The summed E-state index contributed by atoms with van der Waals surface area (Å²) in [5.41, 5.74) is 0.878. The molecule has 6 nitrogen and oxygen atoms in total. The molecule has 0 saturated heterocycles. The van der Waals surface area contributed by atoms with Gasteiger partial charge in [-0.3, -0.25) is 9.59 Å². The molecular formula is C16H12N2O4. The van der Waals surface area contributed by atoms with Crippen molar-refractivity contribution in [2.45, 2.75) is 0 Å². The summed E-state index contributed by atoms with van der Waals surface area (Å²) >= 11 is 0. The van der Waals surface area contributed by atoms with Crippen molar-refractivity contribution in [3.8, 4) is 11.6 Å². The number of phenols is 1. The Bertz CT molecular complexity index is 865. The number of para-hydroxylation sites is 1. The number of Topliss-reactive ketones (excluding diaryl/α,β-unsaturated/α-hetero) is 1. The maximum atomic E-state index is 12.3. The van der Waals surface area contributed by atoms with Crippen LogP contribution in [0.25, 0.3) is 10.9 Å². The number of ketones is 1. The number of phenolic OH excluding ortho intramolecular Hbond substituents is 1. The third kappa shape index (κ3) is 2.37. The van der Waals surface area contributed by atoms with Gasteiger partial charge in [0.15, 0.2) is 0 Å². The molecule has 0 aliphatic rings. The van der Waals surface area contributed by atoms with Crippen molar-refractivity contribution < 1.29 is 19.8 Å². The van der Waals surface area contributed by atoms with E-state index in [1.807, 2.05) is 0 Å². The molecule has 0 fully saturated rings. The van der Waals surface area contributed by atoms with E-state index in [0.717, 1.165) is 0 Å². The molecule has 4 N–H and O–H groups in total. The number of carbonyl (C=O) groups is 2. The Morgan fingerprint density at radius 3 is 2.36 bits per heavy atom. The van der Waals surface area contributed by atoms with Crippen LogP contribution < -0.4 is 5.32 Å². The van der Waals surface area contributed by atoms with Crippen molar-refractivity contribution in [3.05, 3.63) is 54.1 Å². The summed E-state index contributed by atoms with van der Waals surface area (Å²) in [6, 6.07) is 12.5. The molecule has 6 heteroatoms. The summed E-state index contributed by atoms with van der Waals surface area (Å²) in [5.74, 6) is -2.00. The van der Waals surface area contributed by atoms with Crippen LogP contribution in [0.4, 0.5) is 5.69 Å². The number of aromatic hydroxyl groups is 2. The minimum absolute atomic E-state index is 0.0543. The summed E-state index contributed by atoms with van der Waals surface area (Å²) in [6.07, 6.45) is 0. The SMILES string of the molecule is O=C(Nc1ccc(O)cc1)C(=O)c1c(O)[nH]c2ccccc12. The van der Waals surface area contributed by atoms with Gasteiger partial charge in [-0.1, -0.05) is 18.2 Å². The Morgan fingerprint density at radius 2 is 1.64 bits per heavy atom. The maximum absolute atomic E-state index is 12.3. The highest BCUT2D eigenvalue weighted by molar-refractivity contribution is 6.49. The second-order valence-corrected chi connectivity index (χ2v) is 4.72. The van der Waals surface area contributed by atoms with Crippen molar-refractivity contribution in [2.75, 3.05) is 5.32 Å². The van der Waals surface area contributed by atoms with Crippen LogP contribution in [0.2, 0.25) is 0 Å². The highest BCUT2D eigenvalue weighted by Crippen LogP contribution is 2.27. The first-order chi connectivity index (χ1) is 10.6. The van der Waals surface area contributed by atoms with Gasteiger partial charge in [-0.25, -0.2) is 0 Å². The van der Waals surface area contributed by atoms with Crippen molar-refractivity contribution in [2.24, 2.45) is 0 Å². The van der Waals surface area contributed by atoms with Crippen LogP contribution in [0.1, 0.15) is 10.4 Å². The monoisotopic (exact) mass is 296 g/mol. The number of amides is 1. The molecule has 0 radical (unpaired) electrons. The van der Waals surface area contributed by atoms with Gasteiger partial charge in [-0.2, -0.15) is 0 Å². The molecule has 0 bridgehead atoms. The Labute approximate surface area is 125 Å². The zero-order valence-corrected chi connectivity index (χ0v) is 11.3. The van der Waals surface area contributed by atoms with Crippen LogP contribution in [0.15, 0.2) is 48.5 Å². The predicted molar refractivity (Wildman–Crippen MR) is 81.0 cm³/mol. The number of nitrogens with one attached hydrogen (secondary N) is 2. The van der Waals surface area contributed by atoms with E-state index in [1.165, 1.54) is 24.3 Å². The van der Waals surface area contributed by atoms with E-state index < -0.39 is 11.7 Å². The average molecular weight is 296 g/mol. The van der Waals surface area contributed by atoms with Crippen molar-refractivity contribution >= 4 is 28.3 Å². The number of carbonyl (C=O) groups excluding carboxylic acids is 2. The molecule has 22 heavy (non-hydrogen) atoms. The number of rotatable bonds is 3. The fourth-order valence-electron chi connectivity index (χ4n) is 2.20. The molecule has 0 aliphatic carbocycles. The lowest BCUT2D eigenvalue weighted by molar-refractivity contribution is -0.112. The summed E-state index contributed by atoms with van der Waals surface area (Å²) in [5, 5.41) is 22.0. The van der Waals surface area contributed by atoms with Gasteiger partial charge in [-0.15, -0.1) is 0 Å². The van der Waals surface area contributed by atoms with E-state index in [2.05, 4.69) is 10.3 Å². The molecule has 0 saturated carbocycles. The number of aromatic amines is 1. The van der Waals surface area contributed by atoms with Crippen LogP contribution >= 0.6 is 0 Å². The molecule has 3 aromatic rings. The molecular weight excluding hydrogens is 284 g/mol. The molecule has 0 aliphatic heterocycles. The highest BCUT2D eigenvalue weighted by atomic mass is 16.3. The average Bonchev–Trinajstić information content (AvgIpc) is 2.84. The zero-order valence-electron chi connectivity index (χ0n) is 11.3. The predicted octanol–water partition coefficient (Wildman–Crippen LogP) is 2.40. The van der Waals surface area contributed by atoms with Crippen molar-refractivity contribution in [1.29, 1.82) is 0 Å². The minimum Gasteiger partial charge on any atom is -0.508 e. The standard InChI is InChI=1S/C16H12N2O4/c19-10-7-5-9(6-8-10)17-16(22)14(20)13-11-3-1-2-4-12(11)18-15(13)21/h1-8,18-19,21H,(H,17,22). The van der Waals surface area contributed by atoms with Gasteiger partial charge in [-0.05, 0) is 30.3 Å². The van der Waals surface area contributed by atoms with E-state index >= 15 is 0 Å². The van der Waals surface area contributed by atoms with Gasteiger partial charge in [0.1, 0.15) is 5.75 Å². The molecule has 0 atom stereocenters. The van der Waals surface area contributed by atoms with E-state index in [4.69, 9.17) is 0 Å². The van der Waals surface area contributed by atoms with E-state index in [0.29, 0.717) is 16.6 Å². The second kappa shape index (κ2) is 5.25. The van der Waals surface area contributed by atoms with Gasteiger partial charge in [0, 0.05) is 16.6 Å². The molecule has 1 heterocycles. The Kier molecular flexibility index (Phi) is 3.27. The first kappa shape index (κ1) is 13.7. The van der Waals surface area contributed by atoms with E-state index in [9.17, 15) is 19.8 Å². The zero-order chi connectivity index (χ0) is 15.7. The fourth-order valence-corrected chi connectivity index (χ4v) is 2.20. The molecule has 110 valence electrons. The molecule has 1 aromatic heterocycles. The van der Waals surface area contributed by atoms with Gasteiger partial charge in [0.05, 0.1) is 5.56 Å². The van der Waals surface area contributed by atoms with Crippen LogP contribution in [-0.4, -0.2) is 26.9 Å². The smallest absolute Gasteiger partial charge is 0.297 e. The molecule has 1 amide bonds. The number of benzene rings is 2. The van der Waals surface area contributed by atoms with E-state index in [-0.39, 0.29) is 17.2 Å². The Morgan fingerprint density at radius 1 is 0.955 bits per heavy atom. The first-order valence-corrected chi connectivity index (χ1v) is 6.50. The van der Waals surface area contributed by atoms with Crippen LogP contribution in [0.3, 0.4) is 0 Å². The van der Waals surface area contributed by atoms with Crippen LogP contribution in [-0.2, 0) is 4.79 Å². The highest BCUT2D eigenvalue weighted by Gasteiger charge is 2.24. The molecule has 3 rings (SSSR count). The summed E-state index contributed by atoms with van der Waals surface area (Å²) in [6.45, 7) is 0. The molecule has 2 aromatic carbocycles. The first-order valence-electron chi connectivity index (χ1n) is 6.50. The maximum Gasteiger partial charge on any atom is 0.297 e. The number of fused-ring (bicyclic) bond motifs is 1. The van der Waals surface area contributed by atoms with Crippen molar-refractivity contribution in [3.63, 3.8) is 0 Å². The summed E-state index contributed by atoms with van der Waals surface area (Å²) in [7, 11) is 0. The largest absolute Gasteiger partial charge is 0.508 e. The summed E-state index contributed by atoms with van der Waals surface area (Å²) < 4.78 is 0. The number of hydrogen-bond donors (Lipinski definition) is 4. The number of H-pyrrole nitrogens is 1. The third-order valence-corrected chi connectivity index (χ3v) is 3.24. The lowest BCUT2D eigenvalue weighted by atomic mass is 10.1. The Balaban J connectivity index is 1.90. The van der Waals surface area contributed by atoms with Gasteiger partial charge in [0.25, 0.3) is 11.7 Å². The Hall–Kier alpha value is -3.28. The number of hydrogen-bond acceptors (Lipinski definition) is 4.